The molecular weight excluding hydrogens is 1560 g/mol. The van der Waals surface area contributed by atoms with E-state index in [1.54, 1.807) is 6.92 Å². The third kappa shape index (κ3) is 18.0. The molecule has 2 saturated heterocycles. The molecule has 18 atom stereocenters. The number of nitrogens with one attached hydrogen (secondary N) is 6. The Labute approximate surface area is 683 Å². The van der Waals surface area contributed by atoms with Gasteiger partial charge in [-0.3, -0.25) is 43.7 Å². The number of halogens is 2. The van der Waals surface area contributed by atoms with Crippen molar-refractivity contribution >= 4 is 76.1 Å². The minimum absolute atomic E-state index is 0.0347. The first kappa shape index (κ1) is 84.4. The second-order valence-electron chi connectivity index (χ2n) is 33.8. The molecular formula is C84H99Cl2N7O24. The lowest BCUT2D eigenvalue weighted by Crippen LogP contribution is -2.64. The Kier molecular flexibility index (Phi) is 24.8. The highest BCUT2D eigenvalue weighted by Crippen LogP contribution is 2.58. The normalized spacial score (nSPS) is 32.4. The molecule has 33 heteroatoms. The lowest BCUT2D eigenvalue weighted by atomic mass is 9.51. The van der Waals surface area contributed by atoms with E-state index in [2.05, 4.69) is 31.9 Å². The summed E-state index contributed by atoms with van der Waals surface area (Å²) in [5.74, 6) is -15.8. The van der Waals surface area contributed by atoms with Crippen LogP contribution >= 0.6 is 23.2 Å². The zero-order chi connectivity index (χ0) is 83.7. The Hall–Kier alpha value is -9.09. The lowest BCUT2D eigenvalue weighted by Gasteiger charge is -2.54. The molecule has 17 N–H and O–H groups in total. The van der Waals surface area contributed by atoms with Crippen LogP contribution in [-0.4, -0.2) is 178 Å². The molecule has 7 aliphatic heterocycles. The van der Waals surface area contributed by atoms with Crippen LogP contribution < -0.4 is 51.8 Å². The van der Waals surface area contributed by atoms with Gasteiger partial charge < -0.3 is 107 Å². The van der Waals surface area contributed by atoms with Gasteiger partial charge in [0.15, 0.2) is 41.2 Å². The molecule has 117 heavy (non-hydrogen) atoms. The number of ketones is 3. The number of ether oxygens (including phenoxy) is 6. The van der Waals surface area contributed by atoms with Gasteiger partial charge in [0.1, 0.15) is 83.4 Å². The van der Waals surface area contributed by atoms with E-state index in [1.807, 2.05) is 13.8 Å². The van der Waals surface area contributed by atoms with Crippen molar-refractivity contribution < 1.29 is 118 Å². The summed E-state index contributed by atoms with van der Waals surface area (Å²) < 4.78 is 39.1. The predicted molar refractivity (Wildman–Crippen MR) is 416 cm³/mol. The average molecular weight is 1660 g/mol. The van der Waals surface area contributed by atoms with Crippen LogP contribution in [0.5, 0.6) is 46.0 Å². The molecule has 628 valence electrons. The largest absolute Gasteiger partial charge is 0.508 e. The zero-order valence-electron chi connectivity index (χ0n) is 65.0. The molecule has 0 unspecified atom stereocenters. The molecule has 5 saturated carbocycles. The van der Waals surface area contributed by atoms with Crippen molar-refractivity contribution in [2.45, 2.75) is 228 Å². The van der Waals surface area contributed by atoms with Crippen LogP contribution in [0.2, 0.25) is 10.0 Å². The zero-order valence-corrected chi connectivity index (χ0v) is 66.5. The number of rotatable bonds is 16. The topological polar surface area (TPSA) is 489 Å². The standard InChI is InChI=1S/C84H99Cl2N7O24/c1-6-38(15-34(2)3)78(107)92-69-56(98)24-45(27-64(101)89-83(111)88-46-10-11-46)79(108)90-67-44-25-61(113-59-13-8-40(71(69)102)22-52(59)85)75(117-82-76(74(105)73(104)63(33-94)115-82)116-65-32-84(5,87)77(106)35(4)112-65)62(26-44)114-60-14-9-41(23-53(60)86)72(103)70-81(110)91-68(58(100)30-48-42-17-36-16-37(19-42)20-43(48)18-36)51-28-47(95)29-55(97)66(51)50-21-39(7-12-54(50)96)49(31-57(67)99)80(109)93-70/h7-9,12-14,21-23,25-26,28-29,34-38,42-43,45-46,48-49,63,65,67-74,76-77,82,94-97,102-106H,6,10-11,15-20,24,27,30-33,87H2,1-5H3,(H,90,108)(H,91,110)(H,92,107)(H,93,109)(H2,88,89,101,111)/t35-,36?,37?,38+,42?,43?,45-,48?,49+,63+,65-,67+,68-,69-,70-,71+,72+,73+,74-,76+,77+,82-,84-/m0/s1. The lowest BCUT2D eigenvalue weighted by molar-refractivity contribution is -0.333. The number of nitrogens with two attached hydrogens (primary N) is 1. The molecule has 7 amide bonds. The molecule has 0 radical (unpaired) electrons. The van der Waals surface area contributed by atoms with E-state index in [0.29, 0.717) is 31.1 Å². The number of benzene rings is 5. The SMILES string of the molecule is CC[C@H](CC(C)C)C(=O)N[C@H]1C(=O)C[C@@H](CC(=O)NC(=O)NC2CC2)C(=O)N[C@H]2C(=O)C[C@H]3C(=O)N[C@H](C(=O)N[C@H](C(=O)CC4C5CC6CC(C5)CC4C6)c4cc(O)cc(O)c4-c4cc3ccc4O)[C@H](O)c3ccc(c(Cl)c3)Oc3cc2cc(c3O[C@@H]2O[C@H](CO)[C@@H](O)[C@H](O)[C@H]2O[C@H]2C[C@](C)(N)[C@H](O)[C@H](C)O2)Oc2ccc(cc2Cl)[C@H]1O. The number of urea groups is 1. The summed E-state index contributed by atoms with van der Waals surface area (Å²) in [6.07, 6.45) is -14.1. The fourth-order valence-corrected chi connectivity index (χ4v) is 19.1. The maximum absolute atomic E-state index is 16.7. The molecule has 31 nitrogen and oxygen atoms in total. The molecule has 17 rings (SSSR count). The van der Waals surface area contributed by atoms with Crippen LogP contribution in [0.25, 0.3) is 11.1 Å². The number of imide groups is 1. The minimum Gasteiger partial charge on any atom is -0.508 e. The summed E-state index contributed by atoms with van der Waals surface area (Å²) in [5, 5.41) is 122. The number of phenols is 3. The van der Waals surface area contributed by atoms with Gasteiger partial charge in [-0.1, -0.05) is 62.2 Å². The third-order valence-electron chi connectivity index (χ3n) is 24.7. The average Bonchev–Trinajstić information content (AvgIpc) is 1.64. The van der Waals surface area contributed by atoms with Gasteiger partial charge >= 0.3 is 6.03 Å². The third-order valence-corrected chi connectivity index (χ3v) is 25.3. The fourth-order valence-electron chi connectivity index (χ4n) is 18.6. The van der Waals surface area contributed by atoms with E-state index in [9.17, 15) is 60.3 Å². The molecule has 12 aliphatic rings. The van der Waals surface area contributed by atoms with Crippen molar-refractivity contribution in [1.82, 2.24) is 31.9 Å². The van der Waals surface area contributed by atoms with E-state index in [-0.39, 0.29) is 109 Å². The molecule has 5 aliphatic carbocycles. The Morgan fingerprint density at radius 2 is 1.33 bits per heavy atom. The number of aromatic hydroxyl groups is 3. The second kappa shape index (κ2) is 34.3. The maximum atomic E-state index is 16.7. The summed E-state index contributed by atoms with van der Waals surface area (Å²) in [6, 6.07) is 6.02. The first-order chi connectivity index (χ1) is 55.6. The van der Waals surface area contributed by atoms with Gasteiger partial charge in [0, 0.05) is 66.8 Å². The predicted octanol–water partition coefficient (Wildman–Crippen LogP) is 6.97. The Morgan fingerprint density at radius 1 is 0.692 bits per heavy atom. The number of fused-ring (bicyclic) bond motifs is 15. The van der Waals surface area contributed by atoms with Crippen LogP contribution in [0.1, 0.15) is 183 Å². The maximum Gasteiger partial charge on any atom is 0.321 e. The summed E-state index contributed by atoms with van der Waals surface area (Å²) in [4.78, 5) is 138. The second-order valence-corrected chi connectivity index (χ2v) is 34.6. The number of carbonyl (C=O) groups excluding carboxylic acids is 9. The van der Waals surface area contributed by atoms with Crippen molar-refractivity contribution in [1.29, 1.82) is 0 Å². The van der Waals surface area contributed by atoms with Crippen molar-refractivity contribution in [3.63, 3.8) is 0 Å². The van der Waals surface area contributed by atoms with Gasteiger partial charge in [0.2, 0.25) is 41.6 Å². The molecule has 7 heterocycles. The van der Waals surface area contributed by atoms with Gasteiger partial charge in [0.05, 0.1) is 40.7 Å². The summed E-state index contributed by atoms with van der Waals surface area (Å²) in [7, 11) is 0. The van der Waals surface area contributed by atoms with Crippen molar-refractivity contribution in [2.24, 2.45) is 53.1 Å². The summed E-state index contributed by atoms with van der Waals surface area (Å²) in [5.41, 5.74) is 3.61. The van der Waals surface area contributed by atoms with Gasteiger partial charge in [0.25, 0.3) is 0 Å². The van der Waals surface area contributed by atoms with E-state index >= 15 is 28.8 Å². The van der Waals surface area contributed by atoms with Gasteiger partial charge in [-0.15, -0.1) is 0 Å². The van der Waals surface area contributed by atoms with Crippen molar-refractivity contribution in [3.05, 3.63) is 117 Å². The molecule has 5 aromatic rings. The number of Topliss-reactive ketones (excluding diaryl/α,β-unsaturated/α-hetero) is 3. The van der Waals surface area contributed by atoms with E-state index in [4.69, 9.17) is 57.4 Å². The molecule has 7 fully saturated rings. The first-order valence-corrected chi connectivity index (χ1v) is 40.7. The summed E-state index contributed by atoms with van der Waals surface area (Å²) in [6.45, 7) is 7.61. The van der Waals surface area contributed by atoms with Crippen LogP contribution in [0, 0.1) is 47.3 Å². The van der Waals surface area contributed by atoms with Crippen LogP contribution in [-0.2, 0) is 52.6 Å². The number of carbonyl (C=O) groups is 9. The number of amides is 7. The highest BCUT2D eigenvalue weighted by Gasteiger charge is 2.53. The molecule has 15 bridgehead atoms. The Balaban J connectivity index is 0.968. The number of aliphatic hydroxyl groups excluding tert-OH is 6. The van der Waals surface area contributed by atoms with Gasteiger partial charge in [-0.2, -0.15) is 0 Å². The highest BCUT2D eigenvalue weighted by molar-refractivity contribution is 6.32. The monoisotopic (exact) mass is 1660 g/mol. The number of hydrogen-bond donors (Lipinski definition) is 16. The minimum atomic E-state index is -2.22. The molecule has 0 spiro atoms. The van der Waals surface area contributed by atoms with Crippen molar-refractivity contribution in [3.8, 4) is 57.1 Å². The van der Waals surface area contributed by atoms with E-state index in [1.165, 1.54) is 62.4 Å². The Bertz CT molecular complexity index is 4690. The Morgan fingerprint density at radius 3 is 1.94 bits per heavy atom. The van der Waals surface area contributed by atoms with Gasteiger partial charge in [-0.25, -0.2) is 4.79 Å². The van der Waals surface area contributed by atoms with Gasteiger partial charge in [-0.05, 0) is 190 Å². The van der Waals surface area contributed by atoms with Crippen LogP contribution in [0.3, 0.4) is 0 Å². The van der Waals surface area contributed by atoms with Crippen LogP contribution in [0.15, 0.2) is 78.9 Å². The fraction of sp³-hybridized carbons (Fsp3) is 0.536. The highest BCUT2D eigenvalue weighted by atomic mass is 35.5. The molecule has 5 aromatic carbocycles. The number of hydrogen-bond acceptors (Lipinski definition) is 25. The summed E-state index contributed by atoms with van der Waals surface area (Å²) >= 11 is 14.5. The quantitative estimate of drug-likeness (QED) is 0.0474. The number of phenolic OH excluding ortho intramolecular Hbond substituents is 3. The van der Waals surface area contributed by atoms with Crippen LogP contribution in [0.4, 0.5) is 4.79 Å². The van der Waals surface area contributed by atoms with E-state index in [0.717, 1.165) is 62.4 Å². The molecule has 0 aromatic heterocycles. The van der Waals surface area contributed by atoms with E-state index < -0.39 is 222 Å². The number of aliphatic hydroxyl groups is 6. The first-order valence-electron chi connectivity index (χ1n) is 40.0. The van der Waals surface area contributed by atoms with Crippen molar-refractivity contribution in [2.75, 3.05) is 6.61 Å². The smallest absolute Gasteiger partial charge is 0.321 e.